The molecule has 0 aromatic heterocycles. The molecule has 0 fully saturated rings. The third kappa shape index (κ3) is 3.71. The fourth-order valence-corrected chi connectivity index (χ4v) is 3.21. The van der Waals surface area contributed by atoms with Gasteiger partial charge in [-0.15, -0.1) is 0 Å². The summed E-state index contributed by atoms with van der Waals surface area (Å²) in [6, 6.07) is 20.8. The fourth-order valence-electron chi connectivity index (χ4n) is 3.21. The summed E-state index contributed by atoms with van der Waals surface area (Å²) in [6.45, 7) is 9.87. The van der Waals surface area contributed by atoms with Crippen LogP contribution in [0.1, 0.15) is 51.7 Å². The minimum Gasteiger partial charge on any atom is -0.367 e. The summed E-state index contributed by atoms with van der Waals surface area (Å²) in [5.74, 6) is 0. The average Bonchev–Trinajstić information content (AvgIpc) is 2.63. The van der Waals surface area contributed by atoms with Crippen LogP contribution in [0.2, 0.25) is 0 Å². The Bertz CT molecular complexity index is 596. The van der Waals surface area contributed by atoms with Gasteiger partial charge in [0.1, 0.15) is 11.2 Å². The Morgan fingerprint density at radius 3 is 1.58 bits per heavy atom. The number of hydrogen-bond acceptors (Lipinski definition) is 2. The Hall–Kier alpha value is -1.64. The molecule has 2 heteroatoms. The summed E-state index contributed by atoms with van der Waals surface area (Å²) < 4.78 is 12.8. The lowest BCUT2D eigenvalue weighted by Gasteiger charge is -2.46. The largest absolute Gasteiger partial charge is 0.367 e. The molecule has 2 atom stereocenters. The van der Waals surface area contributed by atoms with Crippen molar-refractivity contribution in [2.45, 2.75) is 51.7 Å². The van der Waals surface area contributed by atoms with Gasteiger partial charge in [-0.3, -0.25) is 0 Å². The maximum absolute atomic E-state index is 6.50. The van der Waals surface area contributed by atoms with Crippen molar-refractivity contribution in [2.75, 3.05) is 13.2 Å². The molecular weight excluding hydrogens is 296 g/mol. The molecule has 0 N–H and O–H groups in total. The minimum absolute atomic E-state index is 0.569. The smallest absolute Gasteiger partial charge is 0.123 e. The molecule has 2 aromatic rings. The molecule has 0 aliphatic carbocycles. The Kier molecular flexibility index (Phi) is 6.59. The van der Waals surface area contributed by atoms with Gasteiger partial charge < -0.3 is 9.47 Å². The molecule has 0 bridgehead atoms. The van der Waals surface area contributed by atoms with E-state index in [0.29, 0.717) is 6.61 Å². The third-order valence-electron chi connectivity index (χ3n) is 4.88. The second-order valence-electron chi connectivity index (χ2n) is 6.43. The van der Waals surface area contributed by atoms with Crippen LogP contribution in [-0.2, 0) is 20.7 Å². The van der Waals surface area contributed by atoms with Crippen molar-refractivity contribution in [3.05, 3.63) is 71.8 Å². The second-order valence-corrected chi connectivity index (χ2v) is 6.43. The van der Waals surface area contributed by atoms with Gasteiger partial charge >= 0.3 is 0 Å². The zero-order chi connectivity index (χ0) is 17.5. The molecule has 0 aliphatic heterocycles. The molecule has 2 nitrogen and oxygen atoms in total. The van der Waals surface area contributed by atoms with Gasteiger partial charge in [0, 0.05) is 13.2 Å². The topological polar surface area (TPSA) is 18.5 Å². The van der Waals surface area contributed by atoms with Crippen LogP contribution < -0.4 is 0 Å². The standard InChI is InChI=1S/C22H30O2/c1-5-7-18-24-22(4,20-16-12-9-13-17-20)21(3,23-6-2)19-14-10-8-11-15-19/h8-17H,5-7,18H2,1-4H3. The zero-order valence-corrected chi connectivity index (χ0v) is 15.4. The quantitative estimate of drug-likeness (QED) is 0.553. The van der Waals surface area contributed by atoms with E-state index >= 15 is 0 Å². The van der Waals surface area contributed by atoms with Crippen molar-refractivity contribution in [2.24, 2.45) is 0 Å². The van der Waals surface area contributed by atoms with Gasteiger partial charge in [0.05, 0.1) is 0 Å². The Morgan fingerprint density at radius 1 is 0.708 bits per heavy atom. The molecule has 0 amide bonds. The van der Waals surface area contributed by atoms with Crippen LogP contribution in [-0.4, -0.2) is 13.2 Å². The first-order chi connectivity index (χ1) is 11.6. The molecule has 24 heavy (non-hydrogen) atoms. The van der Waals surface area contributed by atoms with Crippen molar-refractivity contribution in [3.63, 3.8) is 0 Å². The summed E-state index contributed by atoms with van der Waals surface area (Å²) in [5, 5.41) is 0. The van der Waals surface area contributed by atoms with E-state index in [2.05, 4.69) is 69.3 Å². The summed E-state index contributed by atoms with van der Waals surface area (Å²) >= 11 is 0. The van der Waals surface area contributed by atoms with Crippen LogP contribution >= 0.6 is 0 Å². The molecule has 2 unspecified atom stereocenters. The van der Waals surface area contributed by atoms with E-state index in [9.17, 15) is 0 Å². The predicted molar refractivity (Wildman–Crippen MR) is 100 cm³/mol. The van der Waals surface area contributed by atoms with E-state index in [0.717, 1.165) is 30.6 Å². The van der Waals surface area contributed by atoms with Crippen molar-refractivity contribution < 1.29 is 9.47 Å². The van der Waals surface area contributed by atoms with Gasteiger partial charge in [-0.2, -0.15) is 0 Å². The first-order valence-electron chi connectivity index (χ1n) is 8.97. The lowest BCUT2D eigenvalue weighted by molar-refractivity contribution is -0.205. The summed E-state index contributed by atoms with van der Waals surface area (Å²) in [6.07, 6.45) is 2.15. The van der Waals surface area contributed by atoms with Crippen LogP contribution in [0.15, 0.2) is 60.7 Å². The molecule has 0 radical (unpaired) electrons. The van der Waals surface area contributed by atoms with E-state index in [1.807, 2.05) is 19.1 Å². The van der Waals surface area contributed by atoms with Gasteiger partial charge in [-0.05, 0) is 38.3 Å². The van der Waals surface area contributed by atoms with Gasteiger partial charge in [0.25, 0.3) is 0 Å². The van der Waals surface area contributed by atoms with E-state index in [-0.39, 0.29) is 0 Å². The predicted octanol–water partition coefficient (Wildman–Crippen LogP) is 5.67. The third-order valence-corrected chi connectivity index (χ3v) is 4.88. The molecule has 0 aliphatic rings. The van der Waals surface area contributed by atoms with Crippen LogP contribution in [0.5, 0.6) is 0 Å². The lowest BCUT2D eigenvalue weighted by atomic mass is 9.75. The molecule has 0 saturated carbocycles. The van der Waals surface area contributed by atoms with Gasteiger partial charge in [-0.1, -0.05) is 74.0 Å². The maximum atomic E-state index is 6.50. The fraction of sp³-hybridized carbons (Fsp3) is 0.455. The van der Waals surface area contributed by atoms with Crippen molar-refractivity contribution in [3.8, 4) is 0 Å². The highest BCUT2D eigenvalue weighted by Gasteiger charge is 2.49. The van der Waals surface area contributed by atoms with E-state index in [1.54, 1.807) is 0 Å². The molecule has 2 rings (SSSR count). The van der Waals surface area contributed by atoms with Gasteiger partial charge in [0.15, 0.2) is 0 Å². The zero-order valence-electron chi connectivity index (χ0n) is 15.4. The molecule has 0 heterocycles. The van der Waals surface area contributed by atoms with E-state index in [4.69, 9.17) is 9.47 Å². The van der Waals surface area contributed by atoms with Crippen molar-refractivity contribution in [1.82, 2.24) is 0 Å². The highest BCUT2D eigenvalue weighted by Crippen LogP contribution is 2.46. The van der Waals surface area contributed by atoms with Crippen LogP contribution in [0.25, 0.3) is 0 Å². The molecule has 0 saturated heterocycles. The number of hydrogen-bond donors (Lipinski definition) is 0. The molecule has 130 valence electrons. The number of ether oxygens (including phenoxy) is 2. The lowest BCUT2D eigenvalue weighted by Crippen LogP contribution is -2.49. The SMILES string of the molecule is CCCCOC(C)(c1ccccc1)C(C)(OCC)c1ccccc1. The molecule has 0 spiro atoms. The van der Waals surface area contributed by atoms with Crippen molar-refractivity contribution >= 4 is 0 Å². The van der Waals surface area contributed by atoms with E-state index < -0.39 is 11.2 Å². The Labute approximate surface area is 146 Å². The first-order valence-corrected chi connectivity index (χ1v) is 8.97. The number of unbranched alkanes of at least 4 members (excludes halogenated alkanes) is 1. The Balaban J connectivity index is 2.53. The van der Waals surface area contributed by atoms with Crippen molar-refractivity contribution in [1.29, 1.82) is 0 Å². The number of benzene rings is 2. The first kappa shape index (κ1) is 18.7. The molecular formula is C22H30O2. The normalized spacial score (nSPS) is 16.3. The highest BCUT2D eigenvalue weighted by atomic mass is 16.6. The van der Waals surface area contributed by atoms with Gasteiger partial charge in [0.2, 0.25) is 0 Å². The van der Waals surface area contributed by atoms with Gasteiger partial charge in [-0.25, -0.2) is 0 Å². The summed E-state index contributed by atoms with van der Waals surface area (Å²) in [7, 11) is 0. The van der Waals surface area contributed by atoms with Crippen LogP contribution in [0, 0.1) is 0 Å². The van der Waals surface area contributed by atoms with E-state index in [1.165, 1.54) is 0 Å². The minimum atomic E-state index is -0.571. The number of rotatable bonds is 9. The van der Waals surface area contributed by atoms with Crippen LogP contribution in [0.3, 0.4) is 0 Å². The maximum Gasteiger partial charge on any atom is 0.123 e. The average molecular weight is 326 g/mol. The van der Waals surface area contributed by atoms with Crippen LogP contribution in [0.4, 0.5) is 0 Å². The molecule has 2 aromatic carbocycles. The Morgan fingerprint density at radius 2 is 1.17 bits per heavy atom. The highest BCUT2D eigenvalue weighted by molar-refractivity contribution is 5.33. The monoisotopic (exact) mass is 326 g/mol. The summed E-state index contributed by atoms with van der Waals surface area (Å²) in [4.78, 5) is 0. The summed E-state index contributed by atoms with van der Waals surface area (Å²) in [5.41, 5.74) is 1.13. The second kappa shape index (κ2) is 8.46.